The van der Waals surface area contributed by atoms with Gasteiger partial charge in [-0.2, -0.15) is 0 Å². The van der Waals surface area contributed by atoms with Crippen molar-refractivity contribution in [2.24, 2.45) is 5.92 Å². The third-order valence-corrected chi connectivity index (χ3v) is 5.24. The Morgan fingerprint density at radius 3 is 2.88 bits per heavy atom. The fraction of sp³-hybridized carbons (Fsp3) is 0.615. The normalized spacial score (nSPS) is 32.4. The number of hydrogen-bond acceptors (Lipinski definition) is 3. The van der Waals surface area contributed by atoms with Crippen LogP contribution in [0.4, 0.5) is 0 Å². The van der Waals surface area contributed by atoms with Crippen LogP contribution in [0.2, 0.25) is 4.34 Å². The Morgan fingerprint density at radius 2 is 2.18 bits per heavy atom. The van der Waals surface area contributed by atoms with Crippen molar-refractivity contribution in [3.05, 3.63) is 21.3 Å². The second kappa shape index (κ2) is 4.71. The molecule has 1 aliphatic heterocycles. The molecule has 1 saturated heterocycles. The molecular formula is C13H16ClNOS. The van der Waals surface area contributed by atoms with E-state index in [1.165, 1.54) is 37.0 Å². The molecular weight excluding hydrogens is 254 g/mol. The number of nitrogens with one attached hydrogen (secondary N) is 1. The fourth-order valence-electron chi connectivity index (χ4n) is 3.14. The van der Waals surface area contributed by atoms with Gasteiger partial charge < -0.3 is 5.32 Å². The molecule has 0 spiro atoms. The van der Waals surface area contributed by atoms with E-state index in [1.807, 2.05) is 12.1 Å². The van der Waals surface area contributed by atoms with Gasteiger partial charge in [-0.05, 0) is 37.3 Å². The van der Waals surface area contributed by atoms with E-state index >= 15 is 0 Å². The van der Waals surface area contributed by atoms with Crippen LogP contribution in [0.5, 0.6) is 0 Å². The highest BCUT2D eigenvalue weighted by Gasteiger charge is 2.38. The van der Waals surface area contributed by atoms with Crippen LogP contribution in [0.25, 0.3) is 0 Å². The molecule has 0 bridgehead atoms. The van der Waals surface area contributed by atoms with Gasteiger partial charge in [0.1, 0.15) is 0 Å². The van der Waals surface area contributed by atoms with Gasteiger partial charge >= 0.3 is 0 Å². The summed E-state index contributed by atoms with van der Waals surface area (Å²) in [6, 6.07) is 4.26. The Morgan fingerprint density at radius 1 is 1.35 bits per heavy atom. The second-order valence-corrected chi connectivity index (χ2v) is 6.79. The quantitative estimate of drug-likeness (QED) is 0.833. The zero-order valence-electron chi connectivity index (χ0n) is 9.62. The minimum atomic E-state index is 0.0258. The highest BCUT2D eigenvalue weighted by atomic mass is 35.5. The molecule has 2 fully saturated rings. The van der Waals surface area contributed by atoms with Crippen LogP contribution >= 0.6 is 22.9 Å². The Kier molecular flexibility index (Phi) is 3.24. The molecule has 3 rings (SSSR count). The van der Waals surface area contributed by atoms with Gasteiger partial charge in [0.25, 0.3) is 0 Å². The number of halogens is 1. The lowest BCUT2D eigenvalue weighted by atomic mass is 9.85. The molecule has 2 aliphatic rings. The maximum Gasteiger partial charge on any atom is 0.189 e. The van der Waals surface area contributed by atoms with Crippen molar-refractivity contribution < 1.29 is 4.79 Å². The van der Waals surface area contributed by atoms with Gasteiger partial charge in [-0.3, -0.25) is 4.79 Å². The van der Waals surface area contributed by atoms with Crippen molar-refractivity contribution in [3.63, 3.8) is 0 Å². The molecule has 0 radical (unpaired) electrons. The molecule has 4 heteroatoms. The zero-order chi connectivity index (χ0) is 11.8. The lowest BCUT2D eigenvalue weighted by Crippen LogP contribution is -2.36. The van der Waals surface area contributed by atoms with E-state index in [9.17, 15) is 4.79 Å². The third-order valence-electron chi connectivity index (χ3n) is 4.00. The van der Waals surface area contributed by atoms with E-state index in [1.54, 1.807) is 0 Å². The van der Waals surface area contributed by atoms with Crippen LogP contribution in [-0.2, 0) is 0 Å². The summed E-state index contributed by atoms with van der Waals surface area (Å²) in [4.78, 5) is 13.1. The molecule has 0 aromatic carbocycles. The largest absolute Gasteiger partial charge is 0.304 e. The molecule has 17 heavy (non-hydrogen) atoms. The summed E-state index contributed by atoms with van der Waals surface area (Å²) in [7, 11) is 0. The molecule has 1 saturated carbocycles. The van der Waals surface area contributed by atoms with Crippen LogP contribution in [0.15, 0.2) is 12.1 Å². The Hall–Kier alpha value is -0.380. The summed E-state index contributed by atoms with van der Waals surface area (Å²) in [6.45, 7) is 0. The number of ketones is 1. The van der Waals surface area contributed by atoms with E-state index in [0.29, 0.717) is 16.3 Å². The van der Waals surface area contributed by atoms with Crippen LogP contribution in [0.1, 0.15) is 41.8 Å². The summed E-state index contributed by atoms with van der Waals surface area (Å²) in [5, 5.41) is 3.51. The fourth-order valence-corrected chi connectivity index (χ4v) is 4.18. The Labute approximate surface area is 110 Å². The smallest absolute Gasteiger partial charge is 0.189 e. The molecule has 92 valence electrons. The summed E-state index contributed by atoms with van der Waals surface area (Å²) >= 11 is 7.27. The summed E-state index contributed by atoms with van der Waals surface area (Å²) in [6.07, 6.45) is 6.17. The van der Waals surface area contributed by atoms with E-state index in [2.05, 4.69) is 5.32 Å². The molecule has 2 heterocycles. The molecule has 3 atom stereocenters. The number of carbonyl (C=O) groups is 1. The highest BCUT2D eigenvalue weighted by Crippen LogP contribution is 2.35. The SMILES string of the molecule is O=C(c1ccc(Cl)s1)C1CC2CCCCC2N1. The minimum absolute atomic E-state index is 0.0258. The number of hydrogen-bond donors (Lipinski definition) is 1. The van der Waals surface area contributed by atoms with Crippen LogP contribution in [0, 0.1) is 5.92 Å². The van der Waals surface area contributed by atoms with Crippen LogP contribution < -0.4 is 5.32 Å². The Balaban J connectivity index is 1.71. The summed E-state index contributed by atoms with van der Waals surface area (Å²) < 4.78 is 0.698. The van der Waals surface area contributed by atoms with Gasteiger partial charge in [0, 0.05) is 6.04 Å². The first kappa shape index (κ1) is 11.7. The lowest BCUT2D eigenvalue weighted by molar-refractivity contribution is 0.0953. The minimum Gasteiger partial charge on any atom is -0.304 e. The topological polar surface area (TPSA) is 29.1 Å². The van der Waals surface area contributed by atoms with Crippen molar-refractivity contribution in [2.75, 3.05) is 0 Å². The number of rotatable bonds is 2. The molecule has 3 unspecified atom stereocenters. The maximum atomic E-state index is 12.3. The van der Waals surface area contributed by atoms with Crippen molar-refractivity contribution in [1.82, 2.24) is 5.32 Å². The monoisotopic (exact) mass is 269 g/mol. The number of thiophene rings is 1. The van der Waals surface area contributed by atoms with Crippen molar-refractivity contribution in [2.45, 2.75) is 44.2 Å². The number of Topliss-reactive ketones (excluding diaryl/α,β-unsaturated/α-hetero) is 1. The zero-order valence-corrected chi connectivity index (χ0v) is 11.2. The van der Waals surface area contributed by atoms with Gasteiger partial charge in [-0.25, -0.2) is 0 Å². The van der Waals surface area contributed by atoms with E-state index < -0.39 is 0 Å². The number of fused-ring (bicyclic) bond motifs is 1. The van der Waals surface area contributed by atoms with Gasteiger partial charge in [0.15, 0.2) is 5.78 Å². The predicted octanol–water partition coefficient (Wildman–Crippen LogP) is 3.50. The van der Waals surface area contributed by atoms with Gasteiger partial charge in [-0.1, -0.05) is 24.4 Å². The third kappa shape index (κ3) is 2.28. The predicted molar refractivity (Wildman–Crippen MR) is 70.9 cm³/mol. The average molecular weight is 270 g/mol. The van der Waals surface area contributed by atoms with Gasteiger partial charge in [0.2, 0.25) is 0 Å². The molecule has 1 aromatic heterocycles. The average Bonchev–Trinajstić information content (AvgIpc) is 2.93. The Bertz CT molecular complexity index is 417. The van der Waals surface area contributed by atoms with Gasteiger partial charge in [-0.15, -0.1) is 11.3 Å². The lowest BCUT2D eigenvalue weighted by Gasteiger charge is -2.24. The molecule has 0 amide bonds. The van der Waals surface area contributed by atoms with Gasteiger partial charge in [0.05, 0.1) is 15.3 Å². The van der Waals surface area contributed by atoms with Crippen molar-refractivity contribution in [3.8, 4) is 0 Å². The first-order chi connectivity index (χ1) is 8.24. The summed E-state index contributed by atoms with van der Waals surface area (Å²) in [5.41, 5.74) is 0. The standard InChI is InChI=1S/C13H16ClNOS/c14-12-6-5-11(17-12)13(16)10-7-8-3-1-2-4-9(8)15-10/h5-6,8-10,15H,1-4,7H2. The molecule has 2 nitrogen and oxygen atoms in total. The van der Waals surface area contributed by atoms with E-state index in [-0.39, 0.29) is 11.8 Å². The first-order valence-corrected chi connectivity index (χ1v) is 7.49. The van der Waals surface area contributed by atoms with Crippen LogP contribution in [0.3, 0.4) is 0 Å². The molecule has 1 N–H and O–H groups in total. The molecule has 1 aromatic rings. The number of carbonyl (C=O) groups excluding carboxylic acids is 1. The van der Waals surface area contributed by atoms with Crippen LogP contribution in [-0.4, -0.2) is 17.9 Å². The van der Waals surface area contributed by atoms with Crippen molar-refractivity contribution >= 4 is 28.7 Å². The second-order valence-electron chi connectivity index (χ2n) is 5.07. The highest BCUT2D eigenvalue weighted by molar-refractivity contribution is 7.18. The summed E-state index contributed by atoms with van der Waals surface area (Å²) in [5.74, 6) is 0.949. The van der Waals surface area contributed by atoms with E-state index in [4.69, 9.17) is 11.6 Å². The van der Waals surface area contributed by atoms with E-state index in [0.717, 1.165) is 11.3 Å². The maximum absolute atomic E-state index is 12.3. The first-order valence-electron chi connectivity index (χ1n) is 6.29. The molecule has 1 aliphatic carbocycles. The van der Waals surface area contributed by atoms with Crippen molar-refractivity contribution in [1.29, 1.82) is 0 Å².